The molecule has 0 fully saturated rings. The van der Waals surface area contributed by atoms with Gasteiger partial charge in [0, 0.05) is 28.7 Å². The Labute approximate surface area is 182 Å². The first-order chi connectivity index (χ1) is 15.3. The number of hydrogen-bond donors (Lipinski definition) is 1. The second kappa shape index (κ2) is 7.28. The highest BCUT2D eigenvalue weighted by Crippen LogP contribution is 2.39. The number of aromatic nitrogens is 1. The fourth-order valence-corrected chi connectivity index (χ4v) is 5.17. The molecule has 0 spiro atoms. The molecule has 0 saturated heterocycles. The molecule has 1 aliphatic carbocycles. The summed E-state index contributed by atoms with van der Waals surface area (Å²) in [6.45, 7) is 0.713. The summed E-state index contributed by atoms with van der Waals surface area (Å²) in [7, 11) is 0. The Kier molecular flexibility index (Phi) is 4.27. The molecule has 1 atom stereocenters. The lowest BCUT2D eigenvalue weighted by Crippen LogP contribution is -2.40. The highest BCUT2D eigenvalue weighted by Gasteiger charge is 2.35. The Morgan fingerprint density at radius 1 is 0.935 bits per heavy atom. The number of fused-ring (bicyclic) bond motifs is 4. The van der Waals surface area contributed by atoms with E-state index in [4.69, 9.17) is 0 Å². The number of carbonyl (C=O) groups is 1. The lowest BCUT2D eigenvalue weighted by Gasteiger charge is -2.36. The van der Waals surface area contributed by atoms with Crippen LogP contribution in [0.15, 0.2) is 78.9 Å². The molecule has 152 valence electrons. The van der Waals surface area contributed by atoms with Crippen LogP contribution in [0.2, 0.25) is 0 Å². The normalized spacial score (nSPS) is 17.4. The predicted molar refractivity (Wildman–Crippen MR) is 125 cm³/mol. The zero-order valence-electron chi connectivity index (χ0n) is 17.3. The van der Waals surface area contributed by atoms with E-state index in [9.17, 15) is 4.79 Å². The van der Waals surface area contributed by atoms with Gasteiger partial charge >= 0.3 is 0 Å². The van der Waals surface area contributed by atoms with Crippen LogP contribution in [-0.2, 0) is 12.8 Å². The number of H-pyrrole nitrogens is 1. The topological polar surface area (TPSA) is 36.1 Å². The van der Waals surface area contributed by atoms with Crippen LogP contribution in [0.1, 0.15) is 50.8 Å². The standard InChI is InChI=1S/C28H24N2O/c31-28(22-15-14-19-8-4-5-11-21(19)18-22)30-17-16-24-23-12-6-7-13-25(23)29-26(24)27(30)20-9-2-1-3-10-20/h1-4,6-10,12-15,18,27,29H,5,11,16-17H2. The van der Waals surface area contributed by atoms with Crippen LogP contribution in [0.5, 0.6) is 0 Å². The quantitative estimate of drug-likeness (QED) is 0.443. The lowest BCUT2D eigenvalue weighted by molar-refractivity contribution is 0.0692. The van der Waals surface area contributed by atoms with E-state index in [1.165, 1.54) is 22.1 Å². The number of carbonyl (C=O) groups excluding carboxylic acids is 1. The Balaban J connectivity index is 1.46. The molecular formula is C28H24N2O. The number of aryl methyl sites for hydroxylation is 1. The third-order valence-electron chi connectivity index (χ3n) is 6.68. The molecule has 3 heteroatoms. The van der Waals surface area contributed by atoms with Crippen molar-refractivity contribution in [3.63, 3.8) is 0 Å². The van der Waals surface area contributed by atoms with Crippen molar-refractivity contribution in [1.29, 1.82) is 0 Å². The molecular weight excluding hydrogens is 380 g/mol. The number of para-hydroxylation sites is 1. The SMILES string of the molecule is O=C(c1ccc2c(c1)CCC=C2)N1CCc2c([nH]c3ccccc23)C1c1ccccc1. The van der Waals surface area contributed by atoms with Crippen LogP contribution in [0.3, 0.4) is 0 Å². The summed E-state index contributed by atoms with van der Waals surface area (Å²) in [5.41, 5.74) is 8.06. The summed E-state index contributed by atoms with van der Waals surface area (Å²) in [5, 5.41) is 1.27. The van der Waals surface area contributed by atoms with Gasteiger partial charge in [0.1, 0.15) is 0 Å². The van der Waals surface area contributed by atoms with Crippen molar-refractivity contribution in [2.75, 3.05) is 6.54 Å². The van der Waals surface area contributed by atoms with Gasteiger partial charge in [-0.2, -0.15) is 0 Å². The Bertz CT molecular complexity index is 1320. The molecule has 0 radical (unpaired) electrons. The van der Waals surface area contributed by atoms with Gasteiger partial charge in [-0.15, -0.1) is 0 Å². The average Bonchev–Trinajstić information content (AvgIpc) is 3.22. The summed E-state index contributed by atoms with van der Waals surface area (Å²) in [6, 6.07) is 24.9. The zero-order valence-corrected chi connectivity index (χ0v) is 17.3. The van der Waals surface area contributed by atoms with Gasteiger partial charge in [-0.05, 0) is 59.7 Å². The number of benzene rings is 3. The molecule has 2 aliphatic rings. The third kappa shape index (κ3) is 3.00. The number of nitrogens with zero attached hydrogens (tertiary/aromatic N) is 1. The van der Waals surface area contributed by atoms with Gasteiger partial charge in [-0.3, -0.25) is 4.79 Å². The van der Waals surface area contributed by atoms with Crippen LogP contribution in [0.25, 0.3) is 17.0 Å². The molecule has 1 N–H and O–H groups in total. The van der Waals surface area contributed by atoms with Crippen molar-refractivity contribution in [2.45, 2.75) is 25.3 Å². The van der Waals surface area contributed by atoms with Crippen molar-refractivity contribution in [1.82, 2.24) is 9.88 Å². The van der Waals surface area contributed by atoms with Crippen molar-refractivity contribution in [3.05, 3.63) is 112 Å². The van der Waals surface area contributed by atoms with Gasteiger partial charge in [0.25, 0.3) is 5.91 Å². The van der Waals surface area contributed by atoms with E-state index in [-0.39, 0.29) is 11.9 Å². The number of hydrogen-bond acceptors (Lipinski definition) is 1. The van der Waals surface area contributed by atoms with E-state index in [0.29, 0.717) is 6.54 Å². The Hall–Kier alpha value is -3.59. The second-order valence-electron chi connectivity index (χ2n) is 8.48. The highest BCUT2D eigenvalue weighted by molar-refractivity contribution is 5.96. The molecule has 6 rings (SSSR count). The van der Waals surface area contributed by atoms with E-state index in [2.05, 4.69) is 77.8 Å². The average molecular weight is 405 g/mol. The van der Waals surface area contributed by atoms with E-state index in [0.717, 1.165) is 41.6 Å². The van der Waals surface area contributed by atoms with Crippen LogP contribution >= 0.6 is 0 Å². The molecule has 1 amide bonds. The largest absolute Gasteiger partial charge is 0.356 e. The third-order valence-corrected chi connectivity index (χ3v) is 6.68. The van der Waals surface area contributed by atoms with Crippen LogP contribution < -0.4 is 0 Å². The van der Waals surface area contributed by atoms with Crippen molar-refractivity contribution >= 4 is 22.9 Å². The van der Waals surface area contributed by atoms with E-state index < -0.39 is 0 Å². The zero-order chi connectivity index (χ0) is 20.8. The van der Waals surface area contributed by atoms with Gasteiger partial charge in [0.05, 0.1) is 6.04 Å². The molecule has 3 nitrogen and oxygen atoms in total. The highest BCUT2D eigenvalue weighted by atomic mass is 16.2. The van der Waals surface area contributed by atoms with Crippen LogP contribution in [0, 0.1) is 0 Å². The molecule has 31 heavy (non-hydrogen) atoms. The number of nitrogens with one attached hydrogen (secondary N) is 1. The van der Waals surface area contributed by atoms with Gasteiger partial charge in [0.15, 0.2) is 0 Å². The first-order valence-electron chi connectivity index (χ1n) is 11.0. The summed E-state index contributed by atoms with van der Waals surface area (Å²) in [5.74, 6) is 0.107. The van der Waals surface area contributed by atoms with Gasteiger partial charge in [0.2, 0.25) is 0 Å². The molecule has 3 aromatic carbocycles. The molecule has 2 heterocycles. The molecule has 1 unspecified atom stereocenters. The van der Waals surface area contributed by atoms with Gasteiger partial charge < -0.3 is 9.88 Å². The number of rotatable bonds is 2. The number of aromatic amines is 1. The van der Waals surface area contributed by atoms with E-state index in [1.807, 2.05) is 17.0 Å². The minimum absolute atomic E-state index is 0.107. The Morgan fingerprint density at radius 3 is 2.68 bits per heavy atom. The van der Waals surface area contributed by atoms with E-state index in [1.54, 1.807) is 0 Å². The summed E-state index contributed by atoms with van der Waals surface area (Å²) in [6.07, 6.45) is 7.28. The minimum atomic E-state index is -0.110. The van der Waals surface area contributed by atoms with Crippen LogP contribution in [-0.4, -0.2) is 22.3 Å². The predicted octanol–water partition coefficient (Wildman–Crippen LogP) is 5.92. The molecule has 1 aromatic heterocycles. The minimum Gasteiger partial charge on any atom is -0.356 e. The molecule has 1 aliphatic heterocycles. The van der Waals surface area contributed by atoms with Gasteiger partial charge in [-0.1, -0.05) is 66.7 Å². The molecule has 4 aromatic rings. The fraction of sp³-hybridized carbons (Fsp3) is 0.179. The number of amides is 1. The van der Waals surface area contributed by atoms with Crippen molar-refractivity contribution in [2.24, 2.45) is 0 Å². The Morgan fingerprint density at radius 2 is 1.77 bits per heavy atom. The van der Waals surface area contributed by atoms with Crippen molar-refractivity contribution in [3.8, 4) is 0 Å². The summed E-state index contributed by atoms with van der Waals surface area (Å²) < 4.78 is 0. The van der Waals surface area contributed by atoms with E-state index >= 15 is 0 Å². The first-order valence-corrected chi connectivity index (χ1v) is 11.0. The molecule has 0 saturated carbocycles. The fourth-order valence-electron chi connectivity index (χ4n) is 5.17. The summed E-state index contributed by atoms with van der Waals surface area (Å²) in [4.78, 5) is 19.5. The molecule has 0 bridgehead atoms. The van der Waals surface area contributed by atoms with Crippen LogP contribution in [0.4, 0.5) is 0 Å². The maximum Gasteiger partial charge on any atom is 0.254 e. The first kappa shape index (κ1) is 18.2. The second-order valence-corrected chi connectivity index (χ2v) is 8.48. The number of allylic oxidation sites excluding steroid dienone is 1. The van der Waals surface area contributed by atoms with Crippen molar-refractivity contribution < 1.29 is 4.79 Å². The monoisotopic (exact) mass is 404 g/mol. The smallest absolute Gasteiger partial charge is 0.254 e. The summed E-state index contributed by atoms with van der Waals surface area (Å²) >= 11 is 0. The lowest BCUT2D eigenvalue weighted by atomic mass is 9.91. The maximum absolute atomic E-state index is 13.8. The van der Waals surface area contributed by atoms with Gasteiger partial charge in [-0.25, -0.2) is 0 Å². The maximum atomic E-state index is 13.8.